The summed E-state index contributed by atoms with van der Waals surface area (Å²) in [4.78, 5) is 11.2. The number of hydrogen-bond acceptors (Lipinski definition) is 4. The first kappa shape index (κ1) is 15.6. The summed E-state index contributed by atoms with van der Waals surface area (Å²) >= 11 is 0. The number of benzene rings is 1. The van der Waals surface area contributed by atoms with E-state index in [4.69, 9.17) is 9.47 Å². The van der Waals surface area contributed by atoms with Gasteiger partial charge in [0.05, 0.1) is 18.9 Å². The van der Waals surface area contributed by atoms with Crippen LogP contribution in [0, 0.1) is 0 Å². The zero-order valence-electron chi connectivity index (χ0n) is 12.9. The fourth-order valence-corrected chi connectivity index (χ4v) is 2.76. The molecule has 1 aliphatic carbocycles. The molecule has 5 nitrogen and oxygen atoms in total. The minimum absolute atomic E-state index is 0.0771. The van der Waals surface area contributed by atoms with Crippen molar-refractivity contribution < 1.29 is 14.3 Å². The van der Waals surface area contributed by atoms with Gasteiger partial charge >= 0.3 is 0 Å². The van der Waals surface area contributed by atoms with Gasteiger partial charge in [-0.1, -0.05) is 0 Å². The average Bonchev–Trinajstić information content (AvgIpc) is 2.48. The standard InChI is InChI=1S/C16H24N2O3/c1-11(19)17-13-6-9-16(21-3)15(10-13)18-12-4-7-14(20-2)8-5-12/h6,9-10,12,14,18H,4-5,7-8H2,1-3H3,(H,17,19). The molecule has 21 heavy (non-hydrogen) atoms. The number of hydrogen-bond donors (Lipinski definition) is 2. The second kappa shape index (κ2) is 7.31. The van der Waals surface area contributed by atoms with Crippen molar-refractivity contribution in [3.8, 4) is 5.75 Å². The van der Waals surface area contributed by atoms with E-state index >= 15 is 0 Å². The highest BCUT2D eigenvalue weighted by Crippen LogP contribution is 2.31. The van der Waals surface area contributed by atoms with E-state index in [-0.39, 0.29) is 5.91 Å². The Morgan fingerprint density at radius 1 is 1.19 bits per heavy atom. The molecule has 2 N–H and O–H groups in total. The average molecular weight is 292 g/mol. The highest BCUT2D eigenvalue weighted by atomic mass is 16.5. The van der Waals surface area contributed by atoms with E-state index < -0.39 is 0 Å². The minimum atomic E-state index is -0.0771. The summed E-state index contributed by atoms with van der Waals surface area (Å²) in [5.74, 6) is 0.713. The third-order valence-electron chi connectivity index (χ3n) is 3.89. The monoisotopic (exact) mass is 292 g/mol. The van der Waals surface area contributed by atoms with Crippen molar-refractivity contribution in [2.45, 2.75) is 44.8 Å². The van der Waals surface area contributed by atoms with Crippen LogP contribution in [0.15, 0.2) is 18.2 Å². The number of ether oxygens (including phenoxy) is 2. The molecule has 5 heteroatoms. The SMILES string of the molecule is COc1ccc(NC(C)=O)cc1NC1CCC(OC)CC1. The van der Waals surface area contributed by atoms with Crippen molar-refractivity contribution in [2.24, 2.45) is 0 Å². The topological polar surface area (TPSA) is 59.6 Å². The van der Waals surface area contributed by atoms with E-state index in [0.29, 0.717) is 12.1 Å². The van der Waals surface area contributed by atoms with Crippen molar-refractivity contribution in [3.05, 3.63) is 18.2 Å². The quantitative estimate of drug-likeness (QED) is 0.876. The molecule has 2 rings (SSSR count). The van der Waals surface area contributed by atoms with Crippen LogP contribution in [0.4, 0.5) is 11.4 Å². The molecule has 1 aliphatic rings. The summed E-state index contributed by atoms with van der Waals surface area (Å²) in [6.45, 7) is 1.50. The van der Waals surface area contributed by atoms with Gasteiger partial charge in [0.1, 0.15) is 5.75 Å². The molecule has 0 bridgehead atoms. The Hall–Kier alpha value is -1.75. The maximum absolute atomic E-state index is 11.2. The van der Waals surface area contributed by atoms with E-state index in [2.05, 4.69) is 10.6 Å². The third kappa shape index (κ3) is 4.36. The normalized spacial score (nSPS) is 21.7. The largest absolute Gasteiger partial charge is 0.495 e. The number of amides is 1. The first-order valence-electron chi connectivity index (χ1n) is 7.37. The second-order valence-corrected chi connectivity index (χ2v) is 5.45. The van der Waals surface area contributed by atoms with Crippen LogP contribution in [0.2, 0.25) is 0 Å². The Morgan fingerprint density at radius 2 is 1.90 bits per heavy atom. The molecule has 1 fully saturated rings. The number of rotatable bonds is 5. The van der Waals surface area contributed by atoms with Gasteiger partial charge < -0.3 is 20.1 Å². The molecule has 1 aromatic carbocycles. The van der Waals surface area contributed by atoms with Crippen LogP contribution in [0.25, 0.3) is 0 Å². The van der Waals surface area contributed by atoms with Crippen LogP contribution >= 0.6 is 0 Å². The van der Waals surface area contributed by atoms with Crippen LogP contribution in [0.5, 0.6) is 5.75 Å². The molecule has 0 radical (unpaired) electrons. The van der Waals surface area contributed by atoms with E-state index in [9.17, 15) is 4.79 Å². The lowest BCUT2D eigenvalue weighted by molar-refractivity contribution is -0.114. The van der Waals surface area contributed by atoms with Gasteiger partial charge in [-0.3, -0.25) is 4.79 Å². The van der Waals surface area contributed by atoms with Gasteiger partial charge in [-0.25, -0.2) is 0 Å². The van der Waals surface area contributed by atoms with Crippen molar-refractivity contribution in [3.63, 3.8) is 0 Å². The van der Waals surface area contributed by atoms with Crippen molar-refractivity contribution >= 4 is 17.3 Å². The fraction of sp³-hybridized carbons (Fsp3) is 0.562. The predicted octanol–water partition coefficient (Wildman–Crippen LogP) is 3.02. The Bertz CT molecular complexity index is 482. The molecule has 1 amide bonds. The summed E-state index contributed by atoms with van der Waals surface area (Å²) in [7, 11) is 3.43. The zero-order valence-corrected chi connectivity index (χ0v) is 12.9. The number of carbonyl (C=O) groups is 1. The highest BCUT2D eigenvalue weighted by molar-refractivity contribution is 5.89. The van der Waals surface area contributed by atoms with Gasteiger partial charge in [0.25, 0.3) is 0 Å². The summed E-state index contributed by atoms with van der Waals surface area (Å²) in [5.41, 5.74) is 1.70. The van der Waals surface area contributed by atoms with Crippen LogP contribution in [-0.4, -0.2) is 32.3 Å². The van der Waals surface area contributed by atoms with E-state index in [0.717, 1.165) is 42.8 Å². The summed E-state index contributed by atoms with van der Waals surface area (Å²) in [6, 6.07) is 6.04. The van der Waals surface area contributed by atoms with Crippen molar-refractivity contribution in [1.29, 1.82) is 0 Å². The molecular formula is C16H24N2O3. The molecule has 1 aromatic rings. The Balaban J connectivity index is 2.05. The van der Waals surface area contributed by atoms with Crippen LogP contribution in [-0.2, 0) is 9.53 Å². The van der Waals surface area contributed by atoms with Crippen molar-refractivity contribution in [2.75, 3.05) is 24.9 Å². The van der Waals surface area contributed by atoms with Gasteiger partial charge in [-0.05, 0) is 43.9 Å². The molecule has 1 saturated carbocycles. The summed E-state index contributed by atoms with van der Waals surface area (Å²) < 4.78 is 10.8. The van der Waals surface area contributed by atoms with Gasteiger partial charge in [-0.2, -0.15) is 0 Å². The first-order chi connectivity index (χ1) is 10.1. The third-order valence-corrected chi connectivity index (χ3v) is 3.89. The predicted molar refractivity (Wildman–Crippen MR) is 84.0 cm³/mol. The van der Waals surface area contributed by atoms with Crippen molar-refractivity contribution in [1.82, 2.24) is 0 Å². The smallest absolute Gasteiger partial charge is 0.221 e. The van der Waals surface area contributed by atoms with Gasteiger partial charge in [0.15, 0.2) is 0 Å². The molecule has 0 saturated heterocycles. The summed E-state index contributed by atoms with van der Waals surface area (Å²) in [5, 5.41) is 6.32. The second-order valence-electron chi connectivity index (χ2n) is 5.45. The Morgan fingerprint density at radius 3 is 2.48 bits per heavy atom. The molecule has 0 aromatic heterocycles. The number of carbonyl (C=O) groups excluding carboxylic acids is 1. The fourth-order valence-electron chi connectivity index (χ4n) is 2.76. The molecule has 0 heterocycles. The van der Waals surface area contributed by atoms with E-state index in [1.54, 1.807) is 14.2 Å². The maximum Gasteiger partial charge on any atom is 0.221 e. The first-order valence-corrected chi connectivity index (χ1v) is 7.37. The zero-order chi connectivity index (χ0) is 15.2. The maximum atomic E-state index is 11.2. The Labute approximate surface area is 126 Å². The van der Waals surface area contributed by atoms with Gasteiger partial charge in [0, 0.05) is 25.8 Å². The number of nitrogens with one attached hydrogen (secondary N) is 2. The number of anilines is 2. The molecule has 0 spiro atoms. The van der Waals surface area contributed by atoms with Gasteiger partial charge in [-0.15, -0.1) is 0 Å². The van der Waals surface area contributed by atoms with Gasteiger partial charge in [0.2, 0.25) is 5.91 Å². The minimum Gasteiger partial charge on any atom is -0.495 e. The lowest BCUT2D eigenvalue weighted by Gasteiger charge is -2.29. The molecule has 0 aliphatic heterocycles. The molecular weight excluding hydrogens is 268 g/mol. The summed E-state index contributed by atoms with van der Waals surface area (Å²) in [6.07, 6.45) is 4.68. The number of methoxy groups -OCH3 is 2. The van der Waals surface area contributed by atoms with Crippen LogP contribution in [0.3, 0.4) is 0 Å². The molecule has 0 atom stereocenters. The molecule has 0 unspecified atom stereocenters. The van der Waals surface area contributed by atoms with Crippen LogP contribution in [0.1, 0.15) is 32.6 Å². The highest BCUT2D eigenvalue weighted by Gasteiger charge is 2.21. The Kier molecular flexibility index (Phi) is 5.44. The van der Waals surface area contributed by atoms with Crippen LogP contribution < -0.4 is 15.4 Å². The molecule has 116 valence electrons. The van der Waals surface area contributed by atoms with E-state index in [1.807, 2.05) is 18.2 Å². The van der Waals surface area contributed by atoms with E-state index in [1.165, 1.54) is 6.92 Å². The lowest BCUT2D eigenvalue weighted by atomic mass is 9.93. The lowest BCUT2D eigenvalue weighted by Crippen LogP contribution is -2.29.